The quantitative estimate of drug-likeness (QED) is 0.263. The van der Waals surface area contributed by atoms with Gasteiger partial charge in [0.15, 0.2) is 5.65 Å². The van der Waals surface area contributed by atoms with Crippen molar-refractivity contribution >= 4 is 22.8 Å². The number of amides is 1. The van der Waals surface area contributed by atoms with Crippen molar-refractivity contribution in [3.8, 4) is 16.9 Å². The van der Waals surface area contributed by atoms with Gasteiger partial charge in [-0.05, 0) is 55.2 Å². The SMILES string of the molecule is C=CC(=O)N1CC(C)N(c2nc(=O)n3c4nc(c(F)cc24)-c2c(F)cccc2Cn2nncc2Cc2ccnc(C(C)C)c2-3)CC1C. The molecule has 2 aliphatic rings. The van der Waals surface area contributed by atoms with Crippen LogP contribution in [0, 0.1) is 11.6 Å². The number of fused-ring (bicyclic) bond motifs is 6. The number of carbonyl (C=O) groups excluding carboxylic acids is 1. The summed E-state index contributed by atoms with van der Waals surface area (Å²) >= 11 is 0. The van der Waals surface area contributed by atoms with E-state index in [-0.39, 0.29) is 58.6 Å². The Labute approximate surface area is 269 Å². The number of pyridine rings is 2. The van der Waals surface area contributed by atoms with Crippen LogP contribution >= 0.6 is 0 Å². The van der Waals surface area contributed by atoms with Crippen molar-refractivity contribution in [2.45, 2.75) is 58.7 Å². The lowest BCUT2D eigenvalue weighted by atomic mass is 9.99. The fourth-order valence-electron chi connectivity index (χ4n) is 6.75. The normalized spacial score (nSPS) is 17.6. The van der Waals surface area contributed by atoms with Gasteiger partial charge in [-0.3, -0.25) is 9.78 Å². The number of anilines is 1. The van der Waals surface area contributed by atoms with Gasteiger partial charge in [-0.1, -0.05) is 37.8 Å². The molecular weight excluding hydrogens is 604 g/mol. The first kappa shape index (κ1) is 30.3. The highest BCUT2D eigenvalue weighted by Gasteiger charge is 2.34. The second kappa shape index (κ2) is 11.5. The van der Waals surface area contributed by atoms with Crippen molar-refractivity contribution in [2.24, 2.45) is 0 Å². The number of rotatable bonds is 3. The van der Waals surface area contributed by atoms with Gasteiger partial charge in [0.25, 0.3) is 0 Å². The molecule has 0 N–H and O–H groups in total. The minimum atomic E-state index is -0.773. The molecule has 2 bridgehead atoms. The molecule has 0 aliphatic carbocycles. The van der Waals surface area contributed by atoms with Crippen molar-refractivity contribution in [3.63, 3.8) is 0 Å². The number of piperazine rings is 1. The molecular formula is C34H33F2N9O2. The zero-order chi connectivity index (χ0) is 33.1. The molecule has 2 atom stereocenters. The maximum atomic E-state index is 16.4. The number of nitrogens with zero attached hydrogens (tertiary/aromatic N) is 9. The number of aromatic nitrogens is 7. The van der Waals surface area contributed by atoms with E-state index in [0.717, 1.165) is 5.56 Å². The molecule has 0 saturated carbocycles. The molecule has 2 aliphatic heterocycles. The first-order valence-corrected chi connectivity index (χ1v) is 15.5. The average Bonchev–Trinajstić information content (AvgIpc) is 3.47. The van der Waals surface area contributed by atoms with Crippen molar-refractivity contribution in [3.05, 3.63) is 100 Å². The highest BCUT2D eigenvalue weighted by molar-refractivity contribution is 5.91. The Morgan fingerprint density at radius 1 is 1.06 bits per heavy atom. The third-order valence-corrected chi connectivity index (χ3v) is 9.05. The molecule has 5 aromatic rings. The van der Waals surface area contributed by atoms with E-state index in [2.05, 4.69) is 26.9 Å². The topological polar surface area (TPSA) is 115 Å². The van der Waals surface area contributed by atoms with Crippen molar-refractivity contribution in [1.82, 2.24) is 39.4 Å². The lowest BCUT2D eigenvalue weighted by Crippen LogP contribution is -2.58. The van der Waals surface area contributed by atoms with E-state index < -0.39 is 17.3 Å². The van der Waals surface area contributed by atoms with Crippen molar-refractivity contribution in [1.29, 1.82) is 0 Å². The zero-order valence-electron chi connectivity index (χ0n) is 26.5. The van der Waals surface area contributed by atoms with Crippen LogP contribution in [0.4, 0.5) is 14.6 Å². The minimum Gasteiger partial charge on any atom is -0.349 e. The van der Waals surface area contributed by atoms with Crippen LogP contribution in [0.5, 0.6) is 0 Å². The van der Waals surface area contributed by atoms with Crippen LogP contribution in [0.15, 0.2) is 60.2 Å². The molecule has 240 valence electrons. The molecule has 2 unspecified atom stereocenters. The van der Waals surface area contributed by atoms with Crippen LogP contribution in [0.3, 0.4) is 0 Å². The van der Waals surface area contributed by atoms with Gasteiger partial charge in [-0.15, -0.1) is 5.10 Å². The molecule has 6 heterocycles. The molecule has 47 heavy (non-hydrogen) atoms. The monoisotopic (exact) mass is 637 g/mol. The Kier molecular flexibility index (Phi) is 7.41. The number of hydrogen-bond donors (Lipinski definition) is 0. The van der Waals surface area contributed by atoms with Crippen LogP contribution in [-0.4, -0.2) is 70.5 Å². The van der Waals surface area contributed by atoms with Crippen LogP contribution in [0.2, 0.25) is 0 Å². The van der Waals surface area contributed by atoms with E-state index in [9.17, 15) is 9.59 Å². The van der Waals surface area contributed by atoms with E-state index >= 15 is 8.78 Å². The summed E-state index contributed by atoms with van der Waals surface area (Å²) in [5.74, 6) is -1.50. The van der Waals surface area contributed by atoms with Crippen LogP contribution < -0.4 is 10.6 Å². The largest absolute Gasteiger partial charge is 0.355 e. The summed E-state index contributed by atoms with van der Waals surface area (Å²) in [6.07, 6.45) is 4.93. The third kappa shape index (κ3) is 4.97. The summed E-state index contributed by atoms with van der Waals surface area (Å²) in [5.41, 5.74) is 2.22. The molecule has 1 aromatic carbocycles. The van der Waals surface area contributed by atoms with E-state index in [1.165, 1.54) is 22.8 Å². The Morgan fingerprint density at radius 2 is 1.87 bits per heavy atom. The second-order valence-corrected chi connectivity index (χ2v) is 12.5. The van der Waals surface area contributed by atoms with Crippen molar-refractivity contribution < 1.29 is 13.6 Å². The van der Waals surface area contributed by atoms with E-state index in [0.29, 0.717) is 42.1 Å². The summed E-state index contributed by atoms with van der Waals surface area (Å²) in [6.45, 7) is 12.2. The number of hydrogen-bond acceptors (Lipinski definition) is 8. The smallest absolute Gasteiger partial charge is 0.349 e. The molecule has 0 radical (unpaired) electrons. The van der Waals surface area contributed by atoms with Gasteiger partial charge >= 0.3 is 5.69 Å². The number of halogens is 2. The van der Waals surface area contributed by atoms with Gasteiger partial charge in [-0.25, -0.2) is 27.8 Å². The fraction of sp³-hybridized carbons (Fsp3) is 0.324. The highest BCUT2D eigenvalue weighted by Crippen LogP contribution is 2.36. The average molecular weight is 638 g/mol. The summed E-state index contributed by atoms with van der Waals surface area (Å²) in [6, 6.07) is 7.10. The molecule has 1 amide bonds. The highest BCUT2D eigenvalue weighted by atomic mass is 19.1. The van der Waals surface area contributed by atoms with Crippen LogP contribution in [-0.2, 0) is 17.8 Å². The lowest BCUT2D eigenvalue weighted by molar-refractivity contribution is -0.128. The first-order chi connectivity index (χ1) is 22.6. The standard InChI is InChI=1S/C34H33F2N9O2/c1-6-27(46)42-15-20(5)43(16-19(42)4)32-24-13-26(36)30-28-22(8-7-9-25(28)35)17-44-23(14-38-41-44)12-21-10-11-37-29(18(2)3)31(21)45(33(24)39-30)34(47)40-32/h6-11,13-14,18-20H,1,12,15-17H2,2-5H3. The molecule has 13 heteroatoms. The number of benzene rings is 1. The first-order valence-electron chi connectivity index (χ1n) is 15.5. The predicted octanol–water partition coefficient (Wildman–Crippen LogP) is 4.40. The van der Waals surface area contributed by atoms with Gasteiger partial charge in [0, 0.05) is 43.4 Å². The van der Waals surface area contributed by atoms with Crippen LogP contribution in [0.25, 0.3) is 28.0 Å². The Morgan fingerprint density at radius 3 is 2.64 bits per heavy atom. The Hall–Kier alpha value is -5.33. The molecule has 1 saturated heterocycles. The van der Waals surface area contributed by atoms with Gasteiger partial charge in [0.1, 0.15) is 23.1 Å². The fourth-order valence-corrected chi connectivity index (χ4v) is 6.75. The summed E-state index contributed by atoms with van der Waals surface area (Å²) in [5, 5.41) is 8.64. The number of carbonyl (C=O) groups is 1. The predicted molar refractivity (Wildman–Crippen MR) is 172 cm³/mol. The van der Waals surface area contributed by atoms with Crippen molar-refractivity contribution in [2.75, 3.05) is 18.0 Å². The molecule has 0 spiro atoms. The molecule has 11 nitrogen and oxygen atoms in total. The van der Waals surface area contributed by atoms with Gasteiger partial charge in [0.2, 0.25) is 5.91 Å². The summed E-state index contributed by atoms with van der Waals surface area (Å²) in [4.78, 5) is 44.6. The lowest BCUT2D eigenvalue weighted by Gasteiger charge is -2.44. The molecule has 4 aromatic heterocycles. The van der Waals surface area contributed by atoms with E-state index in [4.69, 9.17) is 4.98 Å². The summed E-state index contributed by atoms with van der Waals surface area (Å²) in [7, 11) is 0. The molecule has 1 fully saturated rings. The van der Waals surface area contributed by atoms with Gasteiger partial charge in [-0.2, -0.15) is 4.98 Å². The zero-order valence-corrected chi connectivity index (χ0v) is 26.5. The van der Waals surface area contributed by atoms with Crippen LogP contribution in [0.1, 0.15) is 56.1 Å². The second-order valence-electron chi connectivity index (χ2n) is 12.5. The van der Waals surface area contributed by atoms with E-state index in [1.807, 2.05) is 38.7 Å². The maximum Gasteiger partial charge on any atom is 0.355 e. The maximum absolute atomic E-state index is 16.4. The van der Waals surface area contributed by atoms with Gasteiger partial charge in [0.05, 0.1) is 35.2 Å². The molecule has 7 rings (SSSR count). The van der Waals surface area contributed by atoms with Gasteiger partial charge < -0.3 is 9.80 Å². The summed E-state index contributed by atoms with van der Waals surface area (Å²) < 4.78 is 35.2. The Bertz CT molecular complexity index is 2140. The minimum absolute atomic E-state index is 0.0275. The third-order valence-electron chi connectivity index (χ3n) is 9.05. The van der Waals surface area contributed by atoms with E-state index in [1.54, 1.807) is 34.1 Å². The Balaban J connectivity index is 1.58.